The highest BCUT2D eigenvalue weighted by Crippen LogP contribution is 2.33. The van der Waals surface area contributed by atoms with Crippen molar-refractivity contribution in [1.29, 1.82) is 0 Å². The number of hydrogen-bond acceptors (Lipinski definition) is 3. The van der Waals surface area contributed by atoms with E-state index in [4.69, 9.17) is 18.0 Å². The van der Waals surface area contributed by atoms with Crippen molar-refractivity contribution in [1.82, 2.24) is 0 Å². The minimum atomic E-state index is -0.0999. The van der Waals surface area contributed by atoms with Crippen molar-refractivity contribution >= 4 is 33.7 Å². The summed E-state index contributed by atoms with van der Waals surface area (Å²) in [7, 11) is 2.10. The number of aliphatic hydroxyl groups is 1. The lowest BCUT2D eigenvalue weighted by Gasteiger charge is -2.35. The van der Waals surface area contributed by atoms with E-state index in [1.54, 1.807) is 0 Å². The van der Waals surface area contributed by atoms with E-state index in [1.807, 2.05) is 18.2 Å². The third-order valence-electron chi connectivity index (χ3n) is 4.32. The first kappa shape index (κ1) is 14.3. The van der Waals surface area contributed by atoms with Crippen molar-refractivity contribution in [3.63, 3.8) is 0 Å². The van der Waals surface area contributed by atoms with Gasteiger partial charge in [-0.15, -0.1) is 0 Å². The number of rotatable bonds is 4. The molecule has 0 unspecified atom stereocenters. The minimum Gasteiger partial charge on any atom is -0.393 e. The van der Waals surface area contributed by atoms with Gasteiger partial charge in [0.1, 0.15) is 4.99 Å². The van der Waals surface area contributed by atoms with E-state index in [1.165, 1.54) is 11.1 Å². The molecule has 0 aliphatic heterocycles. The molecule has 3 N–H and O–H groups in total. The fourth-order valence-corrected chi connectivity index (χ4v) is 3.34. The molecular weight excluding hydrogens is 280 g/mol. The second kappa shape index (κ2) is 5.62. The van der Waals surface area contributed by atoms with E-state index >= 15 is 0 Å². The summed E-state index contributed by atoms with van der Waals surface area (Å²) in [6, 6.07) is 12.3. The Morgan fingerprint density at radius 3 is 2.52 bits per heavy atom. The fraction of sp³-hybridized carbons (Fsp3) is 0.353. The average Bonchev–Trinajstić information content (AvgIpc) is 2.44. The average molecular weight is 300 g/mol. The smallest absolute Gasteiger partial charge is 0.104 e. The Labute approximate surface area is 130 Å². The molecule has 0 bridgehead atoms. The number of anilines is 1. The predicted octanol–water partition coefficient (Wildman–Crippen LogP) is 2.68. The maximum atomic E-state index is 9.42. The van der Waals surface area contributed by atoms with Crippen LogP contribution in [0.5, 0.6) is 0 Å². The molecule has 1 fully saturated rings. The van der Waals surface area contributed by atoms with Crippen LogP contribution in [0, 0.1) is 5.92 Å². The van der Waals surface area contributed by atoms with Gasteiger partial charge in [0, 0.05) is 30.2 Å². The van der Waals surface area contributed by atoms with E-state index in [9.17, 15) is 5.11 Å². The van der Waals surface area contributed by atoms with Crippen molar-refractivity contribution in [3.05, 3.63) is 42.0 Å². The van der Waals surface area contributed by atoms with Crippen molar-refractivity contribution in [2.75, 3.05) is 18.5 Å². The molecule has 2 aromatic rings. The first-order chi connectivity index (χ1) is 10.1. The largest absolute Gasteiger partial charge is 0.393 e. The molecule has 0 spiro atoms. The van der Waals surface area contributed by atoms with Crippen LogP contribution in [-0.4, -0.2) is 29.8 Å². The van der Waals surface area contributed by atoms with Gasteiger partial charge in [0.2, 0.25) is 0 Å². The minimum absolute atomic E-state index is 0.0999. The zero-order valence-corrected chi connectivity index (χ0v) is 12.9. The monoisotopic (exact) mass is 300 g/mol. The van der Waals surface area contributed by atoms with Crippen LogP contribution >= 0.6 is 12.2 Å². The Kier molecular flexibility index (Phi) is 3.83. The molecule has 0 radical (unpaired) electrons. The van der Waals surface area contributed by atoms with Gasteiger partial charge in [-0.25, -0.2) is 0 Å². The number of nitrogens with zero attached hydrogens (tertiary/aromatic N) is 1. The molecule has 0 amide bonds. The van der Waals surface area contributed by atoms with Crippen LogP contribution in [0.2, 0.25) is 0 Å². The highest BCUT2D eigenvalue weighted by Gasteiger charge is 2.28. The van der Waals surface area contributed by atoms with Crippen molar-refractivity contribution in [2.45, 2.75) is 18.9 Å². The molecule has 0 aromatic heterocycles. The topological polar surface area (TPSA) is 49.5 Å². The Balaban J connectivity index is 1.95. The van der Waals surface area contributed by atoms with Gasteiger partial charge < -0.3 is 15.7 Å². The summed E-state index contributed by atoms with van der Waals surface area (Å²) in [6.07, 6.45) is 1.72. The van der Waals surface area contributed by atoms with Crippen LogP contribution in [0.25, 0.3) is 10.8 Å². The first-order valence-corrected chi connectivity index (χ1v) is 7.68. The second-order valence-corrected chi connectivity index (χ2v) is 6.35. The summed E-state index contributed by atoms with van der Waals surface area (Å²) in [5.41, 5.74) is 7.94. The molecule has 1 aliphatic rings. The normalized spacial score (nSPS) is 21.0. The number of fused-ring (bicyclic) bond motifs is 1. The number of nitrogens with two attached hydrogens (primary N) is 1. The van der Waals surface area contributed by atoms with E-state index in [0.29, 0.717) is 10.9 Å². The maximum Gasteiger partial charge on any atom is 0.104 e. The van der Waals surface area contributed by atoms with Gasteiger partial charge in [-0.2, -0.15) is 0 Å². The summed E-state index contributed by atoms with van der Waals surface area (Å²) in [5, 5.41) is 11.7. The maximum absolute atomic E-state index is 9.42. The Morgan fingerprint density at radius 1 is 1.24 bits per heavy atom. The van der Waals surface area contributed by atoms with Crippen LogP contribution in [0.3, 0.4) is 0 Å². The molecule has 1 aliphatic carbocycles. The molecule has 2 aromatic carbocycles. The highest BCUT2D eigenvalue weighted by atomic mass is 32.1. The van der Waals surface area contributed by atoms with Gasteiger partial charge in [0.05, 0.1) is 6.10 Å². The number of thiocarbonyl (C=S) groups is 1. The fourth-order valence-electron chi connectivity index (χ4n) is 3.17. The summed E-state index contributed by atoms with van der Waals surface area (Å²) in [6.45, 7) is 0.966. The Hall–Kier alpha value is -1.65. The molecular formula is C17H20N2OS. The SMILES string of the molecule is CN(CC1CC(O)C1)c1ccc(C(N)=S)c2ccccc12. The summed E-state index contributed by atoms with van der Waals surface area (Å²) in [5.74, 6) is 0.582. The molecule has 1 saturated carbocycles. The molecule has 0 saturated heterocycles. The van der Waals surface area contributed by atoms with Crippen molar-refractivity contribution in [2.24, 2.45) is 11.7 Å². The molecule has 21 heavy (non-hydrogen) atoms. The zero-order valence-electron chi connectivity index (χ0n) is 12.1. The molecule has 3 rings (SSSR count). The van der Waals surface area contributed by atoms with Gasteiger partial charge in [0.15, 0.2) is 0 Å². The molecule has 0 atom stereocenters. The lowest BCUT2D eigenvalue weighted by molar-refractivity contribution is 0.0465. The Morgan fingerprint density at radius 2 is 1.90 bits per heavy atom. The number of aliphatic hydroxyl groups excluding tert-OH is 1. The predicted molar refractivity (Wildman–Crippen MR) is 91.8 cm³/mol. The van der Waals surface area contributed by atoms with Crippen LogP contribution in [0.1, 0.15) is 18.4 Å². The summed E-state index contributed by atoms with van der Waals surface area (Å²) in [4.78, 5) is 2.70. The molecule has 110 valence electrons. The van der Waals surface area contributed by atoms with Crippen LogP contribution in [0.4, 0.5) is 5.69 Å². The summed E-state index contributed by atoms with van der Waals surface area (Å²) >= 11 is 5.15. The van der Waals surface area contributed by atoms with Gasteiger partial charge in [0.25, 0.3) is 0 Å². The Bertz CT molecular complexity index is 680. The second-order valence-electron chi connectivity index (χ2n) is 5.91. The number of benzene rings is 2. The molecule has 3 nitrogen and oxygen atoms in total. The van der Waals surface area contributed by atoms with Crippen molar-refractivity contribution in [3.8, 4) is 0 Å². The third-order valence-corrected chi connectivity index (χ3v) is 4.54. The highest BCUT2D eigenvalue weighted by molar-refractivity contribution is 7.80. The van der Waals surface area contributed by atoms with Crippen molar-refractivity contribution < 1.29 is 5.11 Å². The van der Waals surface area contributed by atoms with Crippen LogP contribution < -0.4 is 10.6 Å². The van der Waals surface area contributed by atoms with Gasteiger partial charge in [-0.1, -0.05) is 36.5 Å². The summed E-state index contributed by atoms with van der Waals surface area (Å²) < 4.78 is 0. The standard InChI is InChI=1S/C17H20N2OS/c1-19(10-11-8-12(20)9-11)16-7-6-15(17(18)21)13-4-2-3-5-14(13)16/h2-7,11-12,20H,8-10H2,1H3,(H2,18,21). The zero-order chi connectivity index (χ0) is 15.0. The van der Waals surface area contributed by atoms with Crippen LogP contribution in [0.15, 0.2) is 36.4 Å². The van der Waals surface area contributed by atoms with E-state index < -0.39 is 0 Å². The van der Waals surface area contributed by atoms with Gasteiger partial charge in [-0.05, 0) is 36.3 Å². The lowest BCUT2D eigenvalue weighted by Crippen LogP contribution is -2.37. The van der Waals surface area contributed by atoms with Gasteiger partial charge in [-0.3, -0.25) is 0 Å². The van der Waals surface area contributed by atoms with E-state index in [-0.39, 0.29) is 6.10 Å². The van der Waals surface area contributed by atoms with E-state index in [2.05, 4.69) is 30.1 Å². The quantitative estimate of drug-likeness (QED) is 0.852. The van der Waals surface area contributed by atoms with E-state index in [0.717, 1.165) is 30.3 Å². The third kappa shape index (κ3) is 2.74. The molecule has 4 heteroatoms. The number of hydrogen-bond donors (Lipinski definition) is 2. The lowest BCUT2D eigenvalue weighted by atomic mass is 9.82. The first-order valence-electron chi connectivity index (χ1n) is 7.27. The molecule has 0 heterocycles. The van der Waals surface area contributed by atoms with Gasteiger partial charge >= 0.3 is 0 Å². The van der Waals surface area contributed by atoms with Crippen LogP contribution in [-0.2, 0) is 0 Å².